The van der Waals surface area contributed by atoms with Crippen LogP contribution < -0.4 is 0 Å². The SMILES string of the molecule is N#CCOC(=O)[C@H](O)Cc1cccc(C(F)(F)F)c1. The maximum Gasteiger partial charge on any atom is 0.416 e. The zero-order chi connectivity index (χ0) is 14.5. The van der Waals surface area contributed by atoms with Crippen LogP contribution in [0.25, 0.3) is 0 Å². The Morgan fingerprint density at radius 1 is 1.47 bits per heavy atom. The summed E-state index contributed by atoms with van der Waals surface area (Å²) in [5.74, 6) is -1.04. The minimum absolute atomic E-state index is 0.149. The van der Waals surface area contributed by atoms with E-state index in [1.54, 1.807) is 6.07 Å². The molecule has 0 unspecified atom stereocenters. The molecule has 1 rings (SSSR count). The minimum Gasteiger partial charge on any atom is -0.448 e. The summed E-state index contributed by atoms with van der Waals surface area (Å²) in [5.41, 5.74) is -0.709. The van der Waals surface area contributed by atoms with Gasteiger partial charge in [0.1, 0.15) is 6.07 Å². The van der Waals surface area contributed by atoms with Gasteiger partial charge in [-0.05, 0) is 11.6 Å². The van der Waals surface area contributed by atoms with Crippen LogP contribution >= 0.6 is 0 Å². The number of rotatable bonds is 4. The van der Waals surface area contributed by atoms with E-state index in [4.69, 9.17) is 5.26 Å². The molecule has 0 aromatic heterocycles. The molecule has 0 aliphatic carbocycles. The van der Waals surface area contributed by atoms with Crippen molar-refractivity contribution in [3.05, 3.63) is 35.4 Å². The van der Waals surface area contributed by atoms with Gasteiger partial charge in [0.05, 0.1) is 5.56 Å². The number of nitrogens with zero attached hydrogens (tertiary/aromatic N) is 1. The third-order valence-corrected chi connectivity index (χ3v) is 2.23. The molecule has 19 heavy (non-hydrogen) atoms. The van der Waals surface area contributed by atoms with Gasteiger partial charge in [0.2, 0.25) is 0 Å². The van der Waals surface area contributed by atoms with E-state index in [1.807, 2.05) is 0 Å². The average molecular weight is 273 g/mol. The lowest BCUT2D eigenvalue weighted by atomic mass is 10.0. The average Bonchev–Trinajstić information content (AvgIpc) is 2.35. The number of hydrogen-bond acceptors (Lipinski definition) is 4. The van der Waals surface area contributed by atoms with E-state index in [9.17, 15) is 23.1 Å². The second-order valence-electron chi connectivity index (χ2n) is 3.68. The summed E-state index contributed by atoms with van der Waals surface area (Å²) in [4.78, 5) is 11.1. The third-order valence-electron chi connectivity index (χ3n) is 2.23. The van der Waals surface area contributed by atoms with Crippen molar-refractivity contribution in [1.82, 2.24) is 0 Å². The predicted octanol–water partition coefficient (Wildman–Crippen LogP) is 1.68. The molecule has 4 nitrogen and oxygen atoms in total. The summed E-state index contributed by atoms with van der Waals surface area (Å²) >= 11 is 0. The molecule has 0 amide bonds. The van der Waals surface area contributed by atoms with Crippen molar-refractivity contribution in [2.24, 2.45) is 0 Å². The van der Waals surface area contributed by atoms with Crippen LogP contribution in [0.2, 0.25) is 0 Å². The Labute approximate surface area is 107 Å². The van der Waals surface area contributed by atoms with Crippen LogP contribution in [0.3, 0.4) is 0 Å². The first-order valence-corrected chi connectivity index (χ1v) is 5.22. The number of carbonyl (C=O) groups excluding carboxylic acids is 1. The summed E-state index contributed by atoms with van der Waals surface area (Å²) in [7, 11) is 0. The molecule has 1 N–H and O–H groups in total. The monoisotopic (exact) mass is 273 g/mol. The lowest BCUT2D eigenvalue weighted by molar-refractivity contribution is -0.151. The highest BCUT2D eigenvalue weighted by Crippen LogP contribution is 2.29. The number of benzene rings is 1. The van der Waals surface area contributed by atoms with Crippen LogP contribution in [0.5, 0.6) is 0 Å². The van der Waals surface area contributed by atoms with E-state index in [1.165, 1.54) is 12.1 Å². The van der Waals surface area contributed by atoms with Crippen molar-refractivity contribution in [3.8, 4) is 6.07 Å². The number of carbonyl (C=O) groups is 1. The fraction of sp³-hybridized carbons (Fsp3) is 0.333. The molecular weight excluding hydrogens is 263 g/mol. The number of aliphatic hydroxyl groups is 1. The molecule has 102 valence electrons. The largest absolute Gasteiger partial charge is 0.448 e. The normalized spacial score (nSPS) is 12.6. The molecule has 1 atom stereocenters. The molecule has 0 fully saturated rings. The lowest BCUT2D eigenvalue weighted by Crippen LogP contribution is -2.25. The summed E-state index contributed by atoms with van der Waals surface area (Å²) < 4.78 is 41.7. The van der Waals surface area contributed by atoms with Gasteiger partial charge in [0.25, 0.3) is 0 Å². The second-order valence-corrected chi connectivity index (χ2v) is 3.68. The summed E-state index contributed by atoms with van der Waals surface area (Å²) in [5, 5.41) is 17.6. The molecule has 7 heteroatoms. The Balaban J connectivity index is 2.72. The molecule has 1 aromatic rings. The standard InChI is InChI=1S/C12H10F3NO3/c13-12(14,15)9-3-1-2-8(6-9)7-10(17)11(18)19-5-4-16/h1-3,6,10,17H,5,7H2/t10-/m1/s1. The van der Waals surface area contributed by atoms with E-state index in [0.717, 1.165) is 12.1 Å². The van der Waals surface area contributed by atoms with Gasteiger partial charge < -0.3 is 9.84 Å². The highest BCUT2D eigenvalue weighted by molar-refractivity contribution is 5.74. The number of hydrogen-bond donors (Lipinski definition) is 1. The van der Waals surface area contributed by atoms with Gasteiger partial charge in [-0.25, -0.2) is 4.79 Å². The topological polar surface area (TPSA) is 70.3 Å². The van der Waals surface area contributed by atoms with Gasteiger partial charge in [-0.1, -0.05) is 18.2 Å². The van der Waals surface area contributed by atoms with Crippen molar-refractivity contribution in [2.75, 3.05) is 6.61 Å². The number of nitriles is 1. The smallest absolute Gasteiger partial charge is 0.416 e. The molecule has 0 bridgehead atoms. The Kier molecular flexibility index (Phi) is 4.89. The molecule has 1 aromatic carbocycles. The third kappa shape index (κ3) is 4.60. The Morgan fingerprint density at radius 2 is 2.16 bits per heavy atom. The number of alkyl halides is 3. The molecule has 0 aliphatic heterocycles. The minimum atomic E-state index is -4.48. The highest BCUT2D eigenvalue weighted by Gasteiger charge is 2.30. The number of halogens is 3. The Bertz CT molecular complexity index is 494. The van der Waals surface area contributed by atoms with Crippen LogP contribution in [0, 0.1) is 11.3 Å². The zero-order valence-electron chi connectivity index (χ0n) is 9.65. The van der Waals surface area contributed by atoms with Gasteiger partial charge >= 0.3 is 12.1 Å². The first-order chi connectivity index (χ1) is 8.84. The van der Waals surface area contributed by atoms with Crippen molar-refractivity contribution in [3.63, 3.8) is 0 Å². The van der Waals surface area contributed by atoms with Crippen molar-refractivity contribution >= 4 is 5.97 Å². The lowest BCUT2D eigenvalue weighted by Gasteiger charge is -2.11. The van der Waals surface area contributed by atoms with Crippen LogP contribution in [0.15, 0.2) is 24.3 Å². The summed E-state index contributed by atoms with van der Waals surface area (Å²) in [6, 6.07) is 5.83. The van der Waals surface area contributed by atoms with E-state index in [0.29, 0.717) is 0 Å². The number of aliphatic hydroxyl groups excluding tert-OH is 1. The molecule has 0 spiro atoms. The first-order valence-electron chi connectivity index (χ1n) is 5.22. The van der Waals surface area contributed by atoms with Crippen LogP contribution in [-0.2, 0) is 22.1 Å². The van der Waals surface area contributed by atoms with E-state index >= 15 is 0 Å². The first kappa shape index (κ1) is 15.0. The fourth-order valence-corrected chi connectivity index (χ4v) is 1.38. The highest BCUT2D eigenvalue weighted by atomic mass is 19.4. The second kappa shape index (κ2) is 6.20. The zero-order valence-corrected chi connectivity index (χ0v) is 9.65. The quantitative estimate of drug-likeness (QED) is 0.847. The van der Waals surface area contributed by atoms with Crippen molar-refractivity contribution in [1.29, 1.82) is 5.26 Å². The molecule has 0 radical (unpaired) electrons. The van der Waals surface area contributed by atoms with Gasteiger partial charge in [0, 0.05) is 6.42 Å². The molecule has 0 heterocycles. The Morgan fingerprint density at radius 3 is 2.74 bits per heavy atom. The number of esters is 1. The van der Waals surface area contributed by atoms with E-state index in [2.05, 4.69) is 4.74 Å². The number of ether oxygens (including phenoxy) is 1. The molecule has 0 saturated carbocycles. The van der Waals surface area contributed by atoms with Crippen molar-refractivity contribution < 1.29 is 27.8 Å². The van der Waals surface area contributed by atoms with Crippen LogP contribution in [0.4, 0.5) is 13.2 Å². The van der Waals surface area contributed by atoms with Gasteiger partial charge in [0.15, 0.2) is 12.7 Å². The molecule has 0 aliphatic rings. The van der Waals surface area contributed by atoms with Crippen LogP contribution in [0.1, 0.15) is 11.1 Å². The van der Waals surface area contributed by atoms with Gasteiger partial charge in [-0.15, -0.1) is 0 Å². The van der Waals surface area contributed by atoms with E-state index in [-0.39, 0.29) is 12.0 Å². The molecule has 0 saturated heterocycles. The summed E-state index contributed by atoms with van der Waals surface area (Å²) in [6.45, 7) is -0.515. The van der Waals surface area contributed by atoms with Gasteiger partial charge in [-0.2, -0.15) is 18.4 Å². The summed E-state index contributed by atoms with van der Waals surface area (Å²) in [6.07, 6.45) is -6.40. The maximum absolute atomic E-state index is 12.4. The predicted molar refractivity (Wildman–Crippen MR) is 57.7 cm³/mol. The maximum atomic E-state index is 12.4. The van der Waals surface area contributed by atoms with E-state index < -0.39 is 30.4 Å². The Hall–Kier alpha value is -2.07. The van der Waals surface area contributed by atoms with Crippen molar-refractivity contribution in [2.45, 2.75) is 18.7 Å². The van der Waals surface area contributed by atoms with Gasteiger partial charge in [-0.3, -0.25) is 0 Å². The van der Waals surface area contributed by atoms with Crippen LogP contribution in [-0.4, -0.2) is 23.8 Å². The molecular formula is C12H10F3NO3. The fourth-order valence-electron chi connectivity index (χ4n) is 1.38.